The van der Waals surface area contributed by atoms with E-state index in [-0.39, 0.29) is 30.2 Å². The summed E-state index contributed by atoms with van der Waals surface area (Å²) in [5, 5.41) is 19.8. The molecule has 3 rings (SSSR count). The predicted octanol–water partition coefficient (Wildman–Crippen LogP) is 6.37. The fourth-order valence-corrected chi connectivity index (χ4v) is 7.20. The van der Waals surface area contributed by atoms with Crippen LogP contribution in [0.3, 0.4) is 0 Å². The topological polar surface area (TPSA) is 117 Å². The molecule has 7 atom stereocenters. The van der Waals surface area contributed by atoms with E-state index in [1.807, 2.05) is 6.92 Å². The molecule has 2 heterocycles. The number of hydrogen-bond donors (Lipinski definition) is 2. The van der Waals surface area contributed by atoms with Crippen molar-refractivity contribution in [2.24, 2.45) is 23.7 Å². The summed E-state index contributed by atoms with van der Waals surface area (Å²) in [6.45, 7) is 11.0. The summed E-state index contributed by atoms with van der Waals surface area (Å²) < 4.78 is 11.0. The van der Waals surface area contributed by atoms with Crippen molar-refractivity contribution in [1.82, 2.24) is 9.80 Å². The van der Waals surface area contributed by atoms with Crippen LogP contribution in [0.2, 0.25) is 0 Å². The van der Waals surface area contributed by atoms with Gasteiger partial charge in [-0.2, -0.15) is 0 Å². The molecule has 1 aliphatic carbocycles. The zero-order chi connectivity index (χ0) is 32.9. The number of hydrogen-bond acceptors (Lipinski definition) is 7. The van der Waals surface area contributed by atoms with Crippen LogP contribution in [0.1, 0.15) is 98.3 Å². The Morgan fingerprint density at radius 3 is 2.49 bits per heavy atom. The number of aliphatic hydroxyl groups is 1. The second-order valence-electron chi connectivity index (χ2n) is 13.7. The van der Waals surface area contributed by atoms with Crippen LogP contribution in [0, 0.1) is 23.7 Å². The average Bonchev–Trinajstić information content (AvgIpc) is 3.27. The van der Waals surface area contributed by atoms with Gasteiger partial charge in [-0.05, 0) is 75.2 Å². The van der Waals surface area contributed by atoms with E-state index in [1.165, 1.54) is 17.6 Å². The van der Waals surface area contributed by atoms with Gasteiger partial charge in [0.1, 0.15) is 6.10 Å². The van der Waals surface area contributed by atoms with Gasteiger partial charge in [-0.25, -0.2) is 4.79 Å². The maximum absolute atomic E-state index is 12.9. The number of esters is 2. The lowest BCUT2D eigenvalue weighted by molar-refractivity contribution is -0.151. The molecule has 2 fully saturated rings. The highest BCUT2D eigenvalue weighted by Crippen LogP contribution is 2.37. The van der Waals surface area contributed by atoms with Crippen molar-refractivity contribution in [3.8, 4) is 0 Å². The molecule has 3 aliphatic rings. The van der Waals surface area contributed by atoms with Gasteiger partial charge in [0.05, 0.1) is 19.6 Å². The van der Waals surface area contributed by atoms with Crippen molar-refractivity contribution < 1.29 is 34.1 Å². The van der Waals surface area contributed by atoms with Gasteiger partial charge in [-0.3, -0.25) is 14.5 Å². The number of amides is 1. The Hall–Kier alpha value is -2.65. The van der Waals surface area contributed by atoms with Crippen LogP contribution in [-0.2, 0) is 19.1 Å². The monoisotopic (exact) mass is 630 g/mol. The fraction of sp³-hybridized carbons (Fsp3) is 0.750. The van der Waals surface area contributed by atoms with Gasteiger partial charge in [0.2, 0.25) is 0 Å². The fourth-order valence-electron chi connectivity index (χ4n) is 7.20. The smallest absolute Gasteiger partial charge is 0.407 e. The van der Waals surface area contributed by atoms with E-state index in [0.717, 1.165) is 63.6 Å². The van der Waals surface area contributed by atoms with Crippen molar-refractivity contribution >= 4 is 18.0 Å². The van der Waals surface area contributed by atoms with Crippen molar-refractivity contribution in [1.29, 1.82) is 0 Å². The van der Waals surface area contributed by atoms with E-state index in [9.17, 15) is 24.6 Å². The molecule has 9 nitrogen and oxygen atoms in total. The number of rotatable bonds is 8. The predicted molar refractivity (Wildman–Crippen MR) is 176 cm³/mol. The second-order valence-corrected chi connectivity index (χ2v) is 13.7. The number of carboxylic acid groups (broad SMARTS) is 1. The Bertz CT molecular complexity index is 1060. The molecule has 9 heteroatoms. The molecule has 2 N–H and O–H groups in total. The second kappa shape index (κ2) is 18.5. The van der Waals surface area contributed by atoms with Gasteiger partial charge in [0.25, 0.3) is 0 Å². The Morgan fingerprint density at radius 1 is 1.09 bits per heavy atom. The molecule has 254 valence electrons. The molecule has 0 aromatic carbocycles. The number of ether oxygens (including phenoxy) is 2. The maximum atomic E-state index is 12.9. The zero-order valence-electron chi connectivity index (χ0n) is 28.3. The third-order valence-electron chi connectivity index (χ3n) is 10.1. The standard InChI is InChI=1S/C36H58N2O7/c1-25-9-8-10-27(3)35(45-34(41)24-31(39)16-13-25)28(4)14-17-32(26(2)15-18-33(40)44-5)29-11-6-7-12-30(23-29)37-19-21-38(22-20-37)36(42)43/h8,10,14,17,25-27,29-31,35,39H,6-7,9,11-13,15-16,18-24H2,1-5H3,(H,42,43)/b10-8+,28-14+,32-17-/t25-,26+,27+,29?,30?,31-,35+/m1/s1. The van der Waals surface area contributed by atoms with Crippen LogP contribution in [0.4, 0.5) is 4.79 Å². The minimum Gasteiger partial charge on any atom is -0.469 e. The molecule has 0 radical (unpaired) electrons. The molecule has 0 spiro atoms. The first-order valence-electron chi connectivity index (χ1n) is 17.2. The summed E-state index contributed by atoms with van der Waals surface area (Å²) in [4.78, 5) is 40.4. The SMILES string of the molecule is COC(=O)CC[C@H](C)/C(=C/C=C(\C)[C@H]1OC(=O)C[C@H](O)CC[C@H](C)C/C=C/[C@@H]1C)C1CCCCC(N2CCN(C(=O)O)CC2)C1. The molecular weight excluding hydrogens is 572 g/mol. The number of piperazine rings is 1. The van der Waals surface area contributed by atoms with Crippen LogP contribution < -0.4 is 0 Å². The summed E-state index contributed by atoms with van der Waals surface area (Å²) >= 11 is 0. The largest absolute Gasteiger partial charge is 0.469 e. The molecule has 1 amide bonds. The molecule has 0 aromatic heterocycles. The normalized spacial score (nSPS) is 31.5. The van der Waals surface area contributed by atoms with Crippen LogP contribution in [0.15, 0.2) is 35.5 Å². The summed E-state index contributed by atoms with van der Waals surface area (Å²) in [5.74, 6) is 0.330. The van der Waals surface area contributed by atoms with Gasteiger partial charge in [-0.15, -0.1) is 0 Å². The minimum atomic E-state index is -0.844. The van der Waals surface area contributed by atoms with Crippen molar-refractivity contribution in [2.75, 3.05) is 33.3 Å². The Morgan fingerprint density at radius 2 is 1.80 bits per heavy atom. The molecule has 0 bridgehead atoms. The lowest BCUT2D eigenvalue weighted by atomic mass is 9.80. The Labute approximate surface area is 270 Å². The van der Waals surface area contributed by atoms with E-state index in [2.05, 4.69) is 50.0 Å². The summed E-state index contributed by atoms with van der Waals surface area (Å²) in [6, 6.07) is 0.390. The van der Waals surface area contributed by atoms with Crippen molar-refractivity contribution in [3.63, 3.8) is 0 Å². The van der Waals surface area contributed by atoms with Gasteiger partial charge < -0.3 is 24.6 Å². The van der Waals surface area contributed by atoms with Gasteiger partial charge in [0.15, 0.2) is 0 Å². The van der Waals surface area contributed by atoms with E-state index in [4.69, 9.17) is 9.47 Å². The molecule has 2 aliphatic heterocycles. The summed E-state index contributed by atoms with van der Waals surface area (Å²) in [5.41, 5.74) is 2.26. The highest BCUT2D eigenvalue weighted by atomic mass is 16.5. The molecule has 2 unspecified atom stereocenters. The van der Waals surface area contributed by atoms with Crippen LogP contribution in [-0.4, -0.2) is 89.6 Å². The first-order chi connectivity index (χ1) is 21.5. The van der Waals surface area contributed by atoms with E-state index < -0.39 is 18.3 Å². The van der Waals surface area contributed by atoms with Gasteiger partial charge in [0, 0.05) is 44.6 Å². The first-order valence-corrected chi connectivity index (χ1v) is 17.2. The van der Waals surface area contributed by atoms with E-state index in [0.29, 0.717) is 50.2 Å². The third-order valence-corrected chi connectivity index (χ3v) is 10.1. The Kier molecular flexibility index (Phi) is 15.1. The Balaban J connectivity index is 1.87. The molecule has 45 heavy (non-hydrogen) atoms. The van der Waals surface area contributed by atoms with Crippen LogP contribution >= 0.6 is 0 Å². The first kappa shape index (κ1) is 36.8. The highest BCUT2D eigenvalue weighted by Gasteiger charge is 2.32. The number of aliphatic hydroxyl groups excluding tert-OH is 1. The van der Waals surface area contributed by atoms with Crippen molar-refractivity contribution in [2.45, 2.75) is 117 Å². The van der Waals surface area contributed by atoms with E-state index in [1.54, 1.807) is 0 Å². The summed E-state index contributed by atoms with van der Waals surface area (Å²) in [6.07, 6.45) is 15.5. The van der Waals surface area contributed by atoms with Crippen LogP contribution in [0.5, 0.6) is 0 Å². The minimum absolute atomic E-state index is 0.00275. The lowest BCUT2D eigenvalue weighted by Crippen LogP contribution is -2.51. The molecule has 1 saturated carbocycles. The number of methoxy groups -OCH3 is 1. The number of carbonyl (C=O) groups is 3. The van der Waals surface area contributed by atoms with E-state index >= 15 is 0 Å². The van der Waals surface area contributed by atoms with Gasteiger partial charge in [-0.1, -0.05) is 63.5 Å². The zero-order valence-corrected chi connectivity index (χ0v) is 28.3. The molecular formula is C36H58N2O7. The maximum Gasteiger partial charge on any atom is 0.407 e. The van der Waals surface area contributed by atoms with Gasteiger partial charge >= 0.3 is 18.0 Å². The molecule has 0 aromatic rings. The number of allylic oxidation sites excluding steroid dienone is 4. The quantitative estimate of drug-likeness (QED) is 0.138. The highest BCUT2D eigenvalue weighted by molar-refractivity contribution is 5.70. The van der Waals surface area contributed by atoms with Crippen LogP contribution in [0.25, 0.3) is 0 Å². The average molecular weight is 631 g/mol. The lowest BCUT2D eigenvalue weighted by Gasteiger charge is -2.39. The number of carbonyl (C=O) groups excluding carboxylic acids is 2. The number of nitrogens with zero attached hydrogens (tertiary/aromatic N) is 2. The molecule has 1 saturated heterocycles. The number of cyclic esters (lactones) is 1. The summed E-state index contributed by atoms with van der Waals surface area (Å²) in [7, 11) is 1.43. The third kappa shape index (κ3) is 11.9. The van der Waals surface area contributed by atoms with Crippen molar-refractivity contribution in [3.05, 3.63) is 35.5 Å².